The van der Waals surface area contributed by atoms with Gasteiger partial charge in [0.05, 0.1) is 6.54 Å². The second kappa shape index (κ2) is 5.89. The molecular formula is C12H15NO4. The van der Waals surface area contributed by atoms with E-state index in [9.17, 15) is 9.59 Å². The Labute approximate surface area is 99.4 Å². The van der Waals surface area contributed by atoms with E-state index in [4.69, 9.17) is 9.84 Å². The fourth-order valence-electron chi connectivity index (χ4n) is 1.43. The second-order valence-corrected chi connectivity index (χ2v) is 3.73. The number of nitrogens with one attached hydrogen (secondary N) is 1. The number of aryl methyl sites for hydroxylation is 2. The van der Waals surface area contributed by atoms with Crippen LogP contribution < -0.4 is 10.1 Å². The van der Waals surface area contributed by atoms with Crippen LogP contribution in [0.15, 0.2) is 18.2 Å². The van der Waals surface area contributed by atoms with Gasteiger partial charge in [-0.25, -0.2) is 4.79 Å². The van der Waals surface area contributed by atoms with E-state index in [1.165, 1.54) is 0 Å². The molecule has 0 atom stereocenters. The molecule has 1 aromatic rings. The van der Waals surface area contributed by atoms with Gasteiger partial charge in [-0.3, -0.25) is 4.79 Å². The molecule has 2 N–H and O–H groups in total. The number of rotatable bonds is 4. The molecule has 92 valence electrons. The minimum atomic E-state index is -1.49. The van der Waals surface area contributed by atoms with Gasteiger partial charge >= 0.3 is 11.9 Å². The molecule has 0 saturated heterocycles. The fraction of sp³-hybridized carbons (Fsp3) is 0.333. The summed E-state index contributed by atoms with van der Waals surface area (Å²) in [5.74, 6) is -1.79. The summed E-state index contributed by atoms with van der Waals surface area (Å²) < 4.78 is 5.39. The molecule has 0 spiro atoms. The maximum Gasteiger partial charge on any atom is 0.394 e. The van der Waals surface area contributed by atoms with Crippen molar-refractivity contribution in [3.63, 3.8) is 0 Å². The summed E-state index contributed by atoms with van der Waals surface area (Å²) in [7, 11) is 0. The van der Waals surface area contributed by atoms with Crippen LogP contribution in [-0.2, 0) is 9.59 Å². The van der Waals surface area contributed by atoms with Gasteiger partial charge in [-0.1, -0.05) is 6.07 Å². The summed E-state index contributed by atoms with van der Waals surface area (Å²) in [6, 6.07) is 5.79. The van der Waals surface area contributed by atoms with Crippen molar-refractivity contribution in [3.05, 3.63) is 29.3 Å². The van der Waals surface area contributed by atoms with E-state index >= 15 is 0 Å². The predicted molar refractivity (Wildman–Crippen MR) is 62.1 cm³/mol. The van der Waals surface area contributed by atoms with E-state index < -0.39 is 11.9 Å². The molecule has 17 heavy (non-hydrogen) atoms. The molecule has 1 amide bonds. The van der Waals surface area contributed by atoms with Gasteiger partial charge in [0, 0.05) is 0 Å². The molecule has 1 aromatic carbocycles. The number of hydrogen-bond donors (Lipinski definition) is 2. The molecule has 0 bridgehead atoms. The molecular weight excluding hydrogens is 222 g/mol. The third-order valence-electron chi connectivity index (χ3n) is 2.05. The number of carboxylic acid groups (broad SMARTS) is 1. The van der Waals surface area contributed by atoms with Gasteiger partial charge in [-0.05, 0) is 37.1 Å². The number of benzene rings is 1. The van der Waals surface area contributed by atoms with Crippen molar-refractivity contribution in [2.45, 2.75) is 13.8 Å². The number of carboxylic acids is 1. The zero-order valence-corrected chi connectivity index (χ0v) is 9.82. The van der Waals surface area contributed by atoms with Crippen LogP contribution in [0.1, 0.15) is 11.1 Å². The topological polar surface area (TPSA) is 75.6 Å². The van der Waals surface area contributed by atoms with E-state index in [1.54, 1.807) is 0 Å². The first kappa shape index (κ1) is 13.0. The van der Waals surface area contributed by atoms with Crippen molar-refractivity contribution in [2.24, 2.45) is 0 Å². The molecule has 0 aliphatic rings. The Hall–Kier alpha value is -2.04. The first-order valence-corrected chi connectivity index (χ1v) is 5.21. The molecule has 0 saturated carbocycles. The lowest BCUT2D eigenvalue weighted by molar-refractivity contribution is -0.150. The molecule has 1 rings (SSSR count). The van der Waals surface area contributed by atoms with Gasteiger partial charge in [-0.15, -0.1) is 0 Å². The fourth-order valence-corrected chi connectivity index (χ4v) is 1.43. The van der Waals surface area contributed by atoms with Crippen molar-refractivity contribution in [1.29, 1.82) is 0 Å². The van der Waals surface area contributed by atoms with Crippen LogP contribution in [0.4, 0.5) is 0 Å². The van der Waals surface area contributed by atoms with Crippen LogP contribution >= 0.6 is 0 Å². The highest BCUT2D eigenvalue weighted by atomic mass is 16.5. The summed E-state index contributed by atoms with van der Waals surface area (Å²) in [6.07, 6.45) is 0. The molecule has 0 aromatic heterocycles. The SMILES string of the molecule is Cc1cc(C)cc(OCCNC(=O)C(=O)O)c1. The quantitative estimate of drug-likeness (QED) is 0.602. The Morgan fingerprint density at radius 1 is 1.24 bits per heavy atom. The largest absolute Gasteiger partial charge is 0.492 e. The zero-order valence-electron chi connectivity index (χ0n) is 9.82. The van der Waals surface area contributed by atoms with E-state index in [0.29, 0.717) is 5.75 Å². The third-order valence-corrected chi connectivity index (χ3v) is 2.05. The minimum Gasteiger partial charge on any atom is -0.492 e. The van der Waals surface area contributed by atoms with Crippen LogP contribution in [0.2, 0.25) is 0 Å². The number of carbonyl (C=O) groups excluding carboxylic acids is 1. The van der Waals surface area contributed by atoms with Crippen molar-refractivity contribution in [1.82, 2.24) is 5.32 Å². The van der Waals surface area contributed by atoms with Gasteiger partial charge < -0.3 is 15.2 Å². The maximum atomic E-state index is 10.7. The van der Waals surface area contributed by atoms with Gasteiger partial charge in [0.1, 0.15) is 12.4 Å². The number of amides is 1. The Morgan fingerprint density at radius 2 is 1.82 bits per heavy atom. The van der Waals surface area contributed by atoms with Crippen molar-refractivity contribution in [3.8, 4) is 5.75 Å². The number of carbonyl (C=O) groups is 2. The van der Waals surface area contributed by atoms with Crippen LogP contribution in [0.3, 0.4) is 0 Å². The lowest BCUT2D eigenvalue weighted by Crippen LogP contribution is -2.33. The minimum absolute atomic E-state index is 0.165. The normalized spacial score (nSPS) is 9.76. The standard InChI is InChI=1S/C12H15NO4/c1-8-5-9(2)7-10(6-8)17-4-3-13-11(14)12(15)16/h5-7H,3-4H2,1-2H3,(H,13,14)(H,15,16). The third kappa shape index (κ3) is 4.55. The summed E-state index contributed by atoms with van der Waals surface area (Å²) >= 11 is 0. The smallest absolute Gasteiger partial charge is 0.394 e. The highest BCUT2D eigenvalue weighted by molar-refractivity contribution is 6.31. The summed E-state index contributed by atoms with van der Waals surface area (Å²) in [6.45, 7) is 4.33. The predicted octanol–water partition coefficient (Wildman–Crippen LogP) is 0.883. The van der Waals surface area contributed by atoms with Gasteiger partial charge in [-0.2, -0.15) is 0 Å². The van der Waals surface area contributed by atoms with E-state index in [0.717, 1.165) is 11.1 Å². The number of hydrogen-bond acceptors (Lipinski definition) is 3. The Kier molecular flexibility index (Phi) is 4.51. The Bertz CT molecular complexity index is 408. The molecule has 0 radical (unpaired) electrons. The van der Waals surface area contributed by atoms with Gasteiger partial charge in [0.15, 0.2) is 0 Å². The Balaban J connectivity index is 2.36. The first-order chi connectivity index (χ1) is 7.99. The second-order valence-electron chi connectivity index (χ2n) is 3.73. The molecule has 5 nitrogen and oxygen atoms in total. The first-order valence-electron chi connectivity index (χ1n) is 5.21. The van der Waals surface area contributed by atoms with Gasteiger partial charge in [0.25, 0.3) is 0 Å². The number of ether oxygens (including phenoxy) is 1. The van der Waals surface area contributed by atoms with E-state index in [-0.39, 0.29) is 13.2 Å². The zero-order chi connectivity index (χ0) is 12.8. The summed E-state index contributed by atoms with van der Waals surface area (Å²) in [5.41, 5.74) is 2.18. The van der Waals surface area contributed by atoms with Crippen molar-refractivity contribution in [2.75, 3.05) is 13.2 Å². The average Bonchev–Trinajstić information content (AvgIpc) is 2.22. The monoisotopic (exact) mass is 237 g/mol. The average molecular weight is 237 g/mol. The number of aliphatic carboxylic acids is 1. The van der Waals surface area contributed by atoms with Crippen molar-refractivity contribution < 1.29 is 19.4 Å². The summed E-state index contributed by atoms with van der Waals surface area (Å²) in [4.78, 5) is 20.9. The van der Waals surface area contributed by atoms with E-state index in [1.807, 2.05) is 32.0 Å². The molecule has 0 aliphatic carbocycles. The van der Waals surface area contributed by atoms with Gasteiger partial charge in [0.2, 0.25) is 0 Å². The van der Waals surface area contributed by atoms with Crippen LogP contribution in [0, 0.1) is 13.8 Å². The van der Waals surface area contributed by atoms with Crippen LogP contribution in [0.5, 0.6) is 5.75 Å². The van der Waals surface area contributed by atoms with Crippen LogP contribution in [0.25, 0.3) is 0 Å². The highest BCUT2D eigenvalue weighted by Crippen LogP contribution is 2.15. The van der Waals surface area contributed by atoms with Crippen molar-refractivity contribution >= 4 is 11.9 Å². The van der Waals surface area contributed by atoms with E-state index in [2.05, 4.69) is 5.32 Å². The highest BCUT2D eigenvalue weighted by Gasteiger charge is 2.09. The lowest BCUT2D eigenvalue weighted by Gasteiger charge is -2.08. The molecule has 0 heterocycles. The summed E-state index contributed by atoms with van der Waals surface area (Å²) in [5, 5.41) is 10.5. The molecule has 5 heteroatoms. The Morgan fingerprint density at radius 3 is 2.35 bits per heavy atom. The molecule has 0 unspecified atom stereocenters. The molecule has 0 aliphatic heterocycles. The lowest BCUT2D eigenvalue weighted by atomic mass is 10.1. The van der Waals surface area contributed by atoms with Crippen LogP contribution in [-0.4, -0.2) is 30.1 Å². The molecule has 0 fully saturated rings. The maximum absolute atomic E-state index is 10.7.